The highest BCUT2D eigenvalue weighted by Crippen LogP contribution is 2.30. The molecule has 1 aromatic heterocycles. The Balaban J connectivity index is 1.49. The minimum absolute atomic E-state index is 0.0853. The van der Waals surface area contributed by atoms with Crippen molar-refractivity contribution in [1.82, 2.24) is 14.9 Å². The third-order valence-corrected chi connectivity index (χ3v) is 8.69. The second-order valence-corrected chi connectivity index (χ2v) is 10.7. The van der Waals surface area contributed by atoms with Gasteiger partial charge in [0.15, 0.2) is 0 Å². The van der Waals surface area contributed by atoms with E-state index in [4.69, 9.17) is 11.6 Å². The normalized spacial score (nSPS) is 20.2. The first-order valence-corrected chi connectivity index (χ1v) is 12.5. The van der Waals surface area contributed by atoms with Gasteiger partial charge >= 0.3 is 0 Å². The van der Waals surface area contributed by atoms with E-state index in [2.05, 4.69) is 10.6 Å². The van der Waals surface area contributed by atoms with Crippen molar-refractivity contribution in [3.05, 3.63) is 50.7 Å². The number of rotatable bonds is 5. The second kappa shape index (κ2) is 8.73. The van der Waals surface area contributed by atoms with Gasteiger partial charge in [0, 0.05) is 30.7 Å². The molecule has 4 rings (SSSR count). The molecule has 9 heteroatoms. The lowest BCUT2D eigenvalue weighted by molar-refractivity contribution is 0.0948. The molecular weight excluding hydrogens is 430 g/mol. The SMILES string of the molecule is O=C(NC[C@H]1CCCCN1)c1sccc1S(=O)(=O)N1CCc2ccc(Cl)cc2C1. The Kier molecular flexibility index (Phi) is 6.27. The van der Waals surface area contributed by atoms with Crippen molar-refractivity contribution in [3.8, 4) is 0 Å². The van der Waals surface area contributed by atoms with Crippen molar-refractivity contribution in [2.45, 2.75) is 43.2 Å². The molecule has 2 aromatic rings. The van der Waals surface area contributed by atoms with Crippen LogP contribution in [-0.4, -0.2) is 44.3 Å². The molecule has 0 radical (unpaired) electrons. The molecule has 0 unspecified atom stereocenters. The molecule has 2 aliphatic rings. The van der Waals surface area contributed by atoms with Gasteiger partial charge in [-0.3, -0.25) is 4.79 Å². The van der Waals surface area contributed by atoms with E-state index in [0.717, 1.165) is 48.3 Å². The van der Waals surface area contributed by atoms with Gasteiger partial charge in [-0.2, -0.15) is 4.31 Å². The number of carbonyl (C=O) groups is 1. The minimum Gasteiger partial charge on any atom is -0.350 e. The van der Waals surface area contributed by atoms with Crippen LogP contribution in [-0.2, 0) is 23.0 Å². The van der Waals surface area contributed by atoms with Gasteiger partial charge in [0.1, 0.15) is 9.77 Å². The molecule has 0 bridgehead atoms. The first-order valence-electron chi connectivity index (χ1n) is 9.81. The molecule has 2 aliphatic heterocycles. The van der Waals surface area contributed by atoms with E-state index in [1.54, 1.807) is 5.38 Å². The molecule has 3 heterocycles. The lowest BCUT2D eigenvalue weighted by Gasteiger charge is -2.28. The smallest absolute Gasteiger partial charge is 0.262 e. The van der Waals surface area contributed by atoms with Crippen LogP contribution in [0.5, 0.6) is 0 Å². The first kappa shape index (κ1) is 20.8. The fraction of sp³-hybridized carbons (Fsp3) is 0.450. The average molecular weight is 454 g/mol. The highest BCUT2D eigenvalue weighted by molar-refractivity contribution is 7.89. The zero-order valence-corrected chi connectivity index (χ0v) is 18.4. The number of nitrogens with zero attached hydrogens (tertiary/aromatic N) is 1. The van der Waals surface area contributed by atoms with Gasteiger partial charge in [0.25, 0.3) is 5.91 Å². The van der Waals surface area contributed by atoms with Crippen LogP contribution in [0.2, 0.25) is 5.02 Å². The molecule has 156 valence electrons. The Morgan fingerprint density at radius 1 is 1.28 bits per heavy atom. The molecule has 1 amide bonds. The Hall–Kier alpha value is -1.45. The summed E-state index contributed by atoms with van der Waals surface area (Å²) < 4.78 is 28.0. The summed E-state index contributed by atoms with van der Waals surface area (Å²) in [7, 11) is -3.77. The van der Waals surface area contributed by atoms with Crippen LogP contribution in [0.4, 0.5) is 0 Å². The molecular formula is C20H24ClN3O3S2. The van der Waals surface area contributed by atoms with Crippen molar-refractivity contribution in [2.75, 3.05) is 19.6 Å². The number of piperidine rings is 1. The summed E-state index contributed by atoms with van der Waals surface area (Å²) in [4.78, 5) is 13.0. The Morgan fingerprint density at radius 3 is 2.93 bits per heavy atom. The average Bonchev–Trinajstić information content (AvgIpc) is 3.23. The largest absolute Gasteiger partial charge is 0.350 e. The quantitative estimate of drug-likeness (QED) is 0.729. The first-order chi connectivity index (χ1) is 13.9. The van der Waals surface area contributed by atoms with Gasteiger partial charge in [0.2, 0.25) is 10.0 Å². The molecule has 1 fully saturated rings. The zero-order chi connectivity index (χ0) is 20.4. The highest BCUT2D eigenvalue weighted by Gasteiger charge is 2.32. The fourth-order valence-electron chi connectivity index (χ4n) is 3.90. The summed E-state index contributed by atoms with van der Waals surface area (Å²) in [6.07, 6.45) is 3.95. The molecule has 1 saturated heterocycles. The van der Waals surface area contributed by atoms with Crippen LogP contribution < -0.4 is 10.6 Å². The van der Waals surface area contributed by atoms with Gasteiger partial charge < -0.3 is 10.6 Å². The van der Waals surface area contributed by atoms with E-state index in [1.807, 2.05) is 18.2 Å². The number of thiophene rings is 1. The Bertz CT molecular complexity index is 1000. The maximum Gasteiger partial charge on any atom is 0.262 e. The van der Waals surface area contributed by atoms with E-state index in [0.29, 0.717) is 24.5 Å². The van der Waals surface area contributed by atoms with Crippen molar-refractivity contribution < 1.29 is 13.2 Å². The van der Waals surface area contributed by atoms with Gasteiger partial charge in [-0.05, 0) is 60.5 Å². The molecule has 1 aromatic carbocycles. The highest BCUT2D eigenvalue weighted by atomic mass is 35.5. The molecule has 0 aliphatic carbocycles. The Labute approximate surface area is 180 Å². The summed E-state index contributed by atoms with van der Waals surface area (Å²) in [6.45, 7) is 2.12. The molecule has 1 atom stereocenters. The van der Waals surface area contributed by atoms with Gasteiger partial charge in [0.05, 0.1) is 0 Å². The van der Waals surface area contributed by atoms with Crippen molar-refractivity contribution in [3.63, 3.8) is 0 Å². The number of carbonyl (C=O) groups excluding carboxylic acids is 1. The van der Waals surface area contributed by atoms with E-state index in [-0.39, 0.29) is 28.3 Å². The maximum atomic E-state index is 13.3. The predicted molar refractivity (Wildman–Crippen MR) is 115 cm³/mol. The maximum absolute atomic E-state index is 13.3. The predicted octanol–water partition coefficient (Wildman–Crippen LogP) is 3.02. The number of sulfonamides is 1. The van der Waals surface area contributed by atoms with E-state index >= 15 is 0 Å². The summed E-state index contributed by atoms with van der Waals surface area (Å²) >= 11 is 7.24. The minimum atomic E-state index is -3.77. The molecule has 6 nitrogen and oxygen atoms in total. The lowest BCUT2D eigenvalue weighted by Crippen LogP contribution is -2.43. The van der Waals surface area contributed by atoms with Crippen molar-refractivity contribution in [2.24, 2.45) is 0 Å². The summed E-state index contributed by atoms with van der Waals surface area (Å²) in [5, 5.41) is 8.54. The standard InChI is InChI=1S/C20H24ClN3O3S2/c21-16-5-4-14-6-9-24(13-15(14)11-16)29(26,27)18-7-10-28-19(18)20(25)23-12-17-3-1-2-8-22-17/h4-5,7,10-11,17,22H,1-3,6,8-9,12-13H2,(H,23,25)/t17-/m1/s1. The summed E-state index contributed by atoms with van der Waals surface area (Å²) in [5.41, 5.74) is 2.03. The number of hydrogen-bond donors (Lipinski definition) is 2. The fourth-order valence-corrected chi connectivity index (χ4v) is 6.84. The van der Waals surface area contributed by atoms with Crippen LogP contribution in [0.25, 0.3) is 0 Å². The number of hydrogen-bond acceptors (Lipinski definition) is 5. The number of halogens is 1. The van der Waals surface area contributed by atoms with Gasteiger partial charge in [-0.25, -0.2) is 8.42 Å². The Morgan fingerprint density at radius 2 is 2.14 bits per heavy atom. The van der Waals surface area contributed by atoms with E-state index < -0.39 is 10.0 Å². The number of nitrogens with one attached hydrogen (secondary N) is 2. The van der Waals surface area contributed by atoms with Crippen molar-refractivity contribution >= 4 is 38.9 Å². The monoisotopic (exact) mass is 453 g/mol. The van der Waals surface area contributed by atoms with Gasteiger partial charge in [-0.15, -0.1) is 11.3 Å². The van der Waals surface area contributed by atoms with E-state index in [9.17, 15) is 13.2 Å². The van der Waals surface area contributed by atoms with Crippen molar-refractivity contribution in [1.29, 1.82) is 0 Å². The molecule has 0 saturated carbocycles. The number of amides is 1. The summed E-state index contributed by atoms with van der Waals surface area (Å²) in [6, 6.07) is 7.37. The van der Waals surface area contributed by atoms with E-state index in [1.165, 1.54) is 10.4 Å². The third kappa shape index (κ3) is 4.51. The van der Waals surface area contributed by atoms with Crippen LogP contribution in [0.15, 0.2) is 34.5 Å². The number of benzene rings is 1. The topological polar surface area (TPSA) is 78.5 Å². The van der Waals surface area contributed by atoms with Crippen LogP contribution in [0.1, 0.15) is 40.1 Å². The number of fused-ring (bicyclic) bond motifs is 1. The molecule has 2 N–H and O–H groups in total. The lowest BCUT2D eigenvalue weighted by atomic mass is 10.0. The summed E-state index contributed by atoms with van der Waals surface area (Å²) in [5.74, 6) is -0.327. The zero-order valence-electron chi connectivity index (χ0n) is 16.0. The third-order valence-electron chi connectivity index (χ3n) is 5.52. The molecule has 29 heavy (non-hydrogen) atoms. The second-order valence-electron chi connectivity index (χ2n) is 7.47. The van der Waals surface area contributed by atoms with Crippen LogP contribution in [0.3, 0.4) is 0 Å². The van der Waals surface area contributed by atoms with Crippen LogP contribution >= 0.6 is 22.9 Å². The van der Waals surface area contributed by atoms with Gasteiger partial charge in [-0.1, -0.05) is 24.1 Å². The molecule has 0 spiro atoms. The van der Waals surface area contributed by atoms with Crippen LogP contribution in [0, 0.1) is 0 Å².